The van der Waals surface area contributed by atoms with Gasteiger partial charge in [0.15, 0.2) is 5.78 Å². The molecule has 4 rings (SSSR count). The van der Waals surface area contributed by atoms with Crippen molar-refractivity contribution in [3.05, 3.63) is 41.5 Å². The fourth-order valence-electron chi connectivity index (χ4n) is 6.59. The van der Waals surface area contributed by atoms with E-state index in [4.69, 9.17) is 14.2 Å². The number of esters is 1. The van der Waals surface area contributed by atoms with E-state index in [0.717, 1.165) is 45.3 Å². The molecule has 7 heteroatoms. The fourth-order valence-corrected chi connectivity index (χ4v) is 6.59. The van der Waals surface area contributed by atoms with Crippen molar-refractivity contribution >= 4 is 17.3 Å². The van der Waals surface area contributed by atoms with E-state index in [1.165, 1.54) is 23.1 Å². The zero-order valence-corrected chi connectivity index (χ0v) is 25.9. The van der Waals surface area contributed by atoms with Gasteiger partial charge >= 0.3 is 5.97 Å². The standard InChI is InChI=1S/C33H52N2O5/c1-24(2)31(37)40-33(20-27-14-15-28(33)30(25(27)3)26-12-9-8-10-13-26)16-19-35(5)18-11-17-34-21-29(36)32(4,22-38-6)23-39-7/h8-10,12-13,24,27-28,34H,11,14-23H2,1-7H3/t27-,28-,33+/m0/s1. The second-order valence-electron chi connectivity index (χ2n) is 12.6. The van der Waals surface area contributed by atoms with Crippen LogP contribution in [0, 0.1) is 23.2 Å². The van der Waals surface area contributed by atoms with Crippen molar-refractivity contribution in [2.45, 2.75) is 65.4 Å². The molecule has 0 aliphatic heterocycles. The molecule has 0 radical (unpaired) electrons. The lowest BCUT2D eigenvalue weighted by Crippen LogP contribution is -2.53. The van der Waals surface area contributed by atoms with Crippen LogP contribution in [0.2, 0.25) is 0 Å². The molecule has 1 fully saturated rings. The first-order valence-corrected chi connectivity index (χ1v) is 15.0. The third kappa shape index (κ3) is 7.81. The number of benzene rings is 1. The molecular formula is C33H52N2O5. The molecule has 1 aromatic rings. The van der Waals surface area contributed by atoms with Gasteiger partial charge in [0.2, 0.25) is 0 Å². The second-order valence-corrected chi connectivity index (χ2v) is 12.6. The van der Waals surface area contributed by atoms with Gasteiger partial charge in [-0.1, -0.05) is 49.8 Å². The summed E-state index contributed by atoms with van der Waals surface area (Å²) in [5.41, 5.74) is 3.02. The molecule has 1 saturated carbocycles. The molecule has 3 atom stereocenters. The summed E-state index contributed by atoms with van der Waals surface area (Å²) in [6.07, 6.45) is 4.89. The number of Topliss-reactive ketones (excluding diaryl/α,β-unsaturated/α-hetero) is 1. The maximum Gasteiger partial charge on any atom is 0.308 e. The number of methoxy groups -OCH3 is 2. The predicted molar refractivity (Wildman–Crippen MR) is 160 cm³/mol. The highest BCUT2D eigenvalue weighted by molar-refractivity contribution is 5.86. The van der Waals surface area contributed by atoms with Crippen LogP contribution >= 0.6 is 0 Å². The molecule has 40 heavy (non-hydrogen) atoms. The monoisotopic (exact) mass is 556 g/mol. The molecule has 2 bridgehead atoms. The average molecular weight is 557 g/mol. The lowest BCUT2D eigenvalue weighted by atomic mass is 9.57. The molecule has 0 amide bonds. The third-order valence-electron chi connectivity index (χ3n) is 8.97. The van der Waals surface area contributed by atoms with Gasteiger partial charge in [-0.15, -0.1) is 0 Å². The van der Waals surface area contributed by atoms with Gasteiger partial charge in [0, 0.05) is 33.1 Å². The number of fused-ring (bicyclic) bond motifs is 2. The van der Waals surface area contributed by atoms with Crippen LogP contribution in [0.1, 0.15) is 65.4 Å². The van der Waals surface area contributed by atoms with Crippen molar-refractivity contribution in [2.24, 2.45) is 23.2 Å². The molecular weight excluding hydrogens is 504 g/mol. The van der Waals surface area contributed by atoms with Gasteiger partial charge in [-0.25, -0.2) is 0 Å². The van der Waals surface area contributed by atoms with Crippen molar-refractivity contribution in [2.75, 3.05) is 60.7 Å². The zero-order valence-electron chi connectivity index (χ0n) is 25.9. The molecule has 7 nitrogen and oxygen atoms in total. The highest BCUT2D eigenvalue weighted by atomic mass is 16.6. The number of hydrogen-bond acceptors (Lipinski definition) is 7. The van der Waals surface area contributed by atoms with Crippen molar-refractivity contribution in [1.29, 1.82) is 0 Å². The number of carbonyl (C=O) groups is 2. The molecule has 0 unspecified atom stereocenters. The van der Waals surface area contributed by atoms with Gasteiger partial charge in [-0.3, -0.25) is 9.59 Å². The van der Waals surface area contributed by atoms with E-state index >= 15 is 0 Å². The fraction of sp³-hybridized carbons (Fsp3) is 0.697. The molecule has 224 valence electrons. The summed E-state index contributed by atoms with van der Waals surface area (Å²) in [7, 11) is 5.35. The zero-order chi connectivity index (χ0) is 29.3. The van der Waals surface area contributed by atoms with Crippen molar-refractivity contribution in [3.8, 4) is 0 Å². The van der Waals surface area contributed by atoms with E-state index in [2.05, 4.69) is 54.5 Å². The van der Waals surface area contributed by atoms with Gasteiger partial charge in [-0.05, 0) is 76.7 Å². The summed E-state index contributed by atoms with van der Waals surface area (Å²) in [5, 5.41) is 3.30. The highest BCUT2D eigenvalue weighted by Gasteiger charge is 2.53. The number of nitrogens with zero attached hydrogens (tertiary/aromatic N) is 1. The maximum absolute atomic E-state index is 13.0. The van der Waals surface area contributed by atoms with Crippen LogP contribution < -0.4 is 5.32 Å². The summed E-state index contributed by atoms with van der Waals surface area (Å²) >= 11 is 0. The Morgan fingerprint density at radius 2 is 1.77 bits per heavy atom. The number of ether oxygens (including phenoxy) is 3. The summed E-state index contributed by atoms with van der Waals surface area (Å²) < 4.78 is 17.0. The number of nitrogens with one attached hydrogen (secondary N) is 1. The number of ketones is 1. The molecule has 0 aromatic heterocycles. The Kier molecular flexibility index (Phi) is 11.9. The van der Waals surface area contributed by atoms with E-state index in [1.54, 1.807) is 14.2 Å². The molecule has 1 aromatic carbocycles. The second kappa shape index (κ2) is 14.7. The van der Waals surface area contributed by atoms with Gasteiger partial charge < -0.3 is 24.4 Å². The van der Waals surface area contributed by atoms with E-state index in [9.17, 15) is 9.59 Å². The maximum atomic E-state index is 13.0. The minimum absolute atomic E-state index is 0.0944. The third-order valence-corrected chi connectivity index (χ3v) is 8.97. The topological polar surface area (TPSA) is 77.1 Å². The molecule has 0 heterocycles. The largest absolute Gasteiger partial charge is 0.458 e. The van der Waals surface area contributed by atoms with Crippen LogP contribution in [0.4, 0.5) is 0 Å². The lowest BCUT2D eigenvalue weighted by Gasteiger charge is -2.53. The van der Waals surface area contributed by atoms with Crippen LogP contribution in [0.5, 0.6) is 0 Å². The first-order valence-electron chi connectivity index (χ1n) is 15.0. The molecule has 1 N–H and O–H groups in total. The van der Waals surface area contributed by atoms with Crippen molar-refractivity contribution in [3.63, 3.8) is 0 Å². The van der Waals surface area contributed by atoms with Gasteiger partial charge in [0.1, 0.15) is 5.60 Å². The average Bonchev–Trinajstić information content (AvgIpc) is 2.93. The quantitative estimate of drug-likeness (QED) is 0.214. The van der Waals surface area contributed by atoms with Crippen molar-refractivity contribution < 1.29 is 23.8 Å². The van der Waals surface area contributed by atoms with Gasteiger partial charge in [-0.2, -0.15) is 0 Å². The Morgan fingerprint density at radius 1 is 1.10 bits per heavy atom. The molecule has 0 spiro atoms. The Bertz CT molecular complexity index is 1000. The molecule has 0 saturated heterocycles. The number of allylic oxidation sites excluding steroid dienone is 1. The minimum Gasteiger partial charge on any atom is -0.458 e. The SMILES string of the molecule is COCC(C)(COC)C(=O)CNCCCN(C)CC[C@@]1(OC(=O)C(C)C)C[C@@H]2CC[C@H]1C(c1ccccc1)=C2C. The first kappa shape index (κ1) is 32.5. The van der Waals surface area contributed by atoms with Crippen LogP contribution in [0.15, 0.2) is 35.9 Å². The Hall–Kier alpha value is -2.06. The van der Waals surface area contributed by atoms with E-state index < -0.39 is 11.0 Å². The minimum atomic E-state index is -0.639. The Labute approximate surface area is 242 Å². The predicted octanol–water partition coefficient (Wildman–Crippen LogP) is 5.00. The smallest absolute Gasteiger partial charge is 0.308 e. The number of hydrogen-bond donors (Lipinski definition) is 1. The van der Waals surface area contributed by atoms with Crippen LogP contribution in [-0.2, 0) is 23.8 Å². The van der Waals surface area contributed by atoms with Gasteiger partial charge in [0.05, 0.1) is 31.1 Å². The molecule has 3 aliphatic carbocycles. The van der Waals surface area contributed by atoms with E-state index in [1.807, 2.05) is 20.8 Å². The van der Waals surface area contributed by atoms with Crippen LogP contribution in [0.25, 0.3) is 5.57 Å². The Morgan fingerprint density at radius 3 is 2.40 bits per heavy atom. The normalized spacial score (nSPS) is 22.8. The Balaban J connectivity index is 1.60. The van der Waals surface area contributed by atoms with Crippen LogP contribution in [-0.4, -0.2) is 82.9 Å². The first-order chi connectivity index (χ1) is 19.1. The highest BCUT2D eigenvalue weighted by Crippen LogP contribution is 2.56. The van der Waals surface area contributed by atoms with Crippen LogP contribution in [0.3, 0.4) is 0 Å². The summed E-state index contributed by atoms with van der Waals surface area (Å²) in [6.45, 7) is 11.5. The summed E-state index contributed by atoms with van der Waals surface area (Å²) in [4.78, 5) is 28.1. The lowest BCUT2D eigenvalue weighted by molar-refractivity contribution is -0.176. The van der Waals surface area contributed by atoms with Gasteiger partial charge in [0.25, 0.3) is 0 Å². The summed E-state index contributed by atoms with van der Waals surface area (Å²) in [6, 6.07) is 10.7. The van der Waals surface area contributed by atoms with E-state index in [0.29, 0.717) is 25.7 Å². The molecule has 3 aliphatic rings. The van der Waals surface area contributed by atoms with Crippen molar-refractivity contribution in [1.82, 2.24) is 10.2 Å². The number of rotatable bonds is 17. The summed E-state index contributed by atoms with van der Waals surface area (Å²) in [5.74, 6) is 0.529. The number of carbonyl (C=O) groups excluding carboxylic acids is 2. The van der Waals surface area contributed by atoms with E-state index in [-0.39, 0.29) is 23.6 Å².